The average Bonchev–Trinajstić information content (AvgIpc) is 2.29. The molecule has 0 radical (unpaired) electrons. The van der Waals surface area contributed by atoms with Gasteiger partial charge in [-0.15, -0.1) is 0 Å². The van der Waals surface area contributed by atoms with Crippen LogP contribution in [0.15, 0.2) is 46.9 Å². The molecule has 0 saturated heterocycles. The molecule has 0 aliphatic carbocycles. The quantitative estimate of drug-likeness (QED) is 0.766. The van der Waals surface area contributed by atoms with Gasteiger partial charge in [0, 0.05) is 10.2 Å². The zero-order valence-electron chi connectivity index (χ0n) is 8.15. The van der Waals surface area contributed by atoms with Crippen LogP contribution in [-0.2, 0) is 0 Å². The molecular weight excluding hydrogens is 268 g/mol. The van der Waals surface area contributed by atoms with Crippen molar-refractivity contribution in [1.29, 1.82) is 0 Å². The summed E-state index contributed by atoms with van der Waals surface area (Å²) in [5, 5.41) is 2.51. The summed E-state index contributed by atoms with van der Waals surface area (Å²) < 4.78 is 1.15. The maximum Gasteiger partial charge on any atom is 0.0326 e. The van der Waals surface area contributed by atoms with Crippen LogP contribution in [0.5, 0.6) is 0 Å². The van der Waals surface area contributed by atoms with Crippen LogP contribution >= 0.6 is 28.6 Å². The summed E-state index contributed by atoms with van der Waals surface area (Å²) in [5.41, 5.74) is 1.20. The fourth-order valence-corrected chi connectivity index (χ4v) is 2.29. The number of halogens is 1. The molecule has 0 aliphatic rings. The molecule has 0 nitrogen and oxygen atoms in total. The van der Waals surface area contributed by atoms with Crippen LogP contribution in [0.1, 0.15) is 5.56 Å². The highest BCUT2D eigenvalue weighted by Gasteiger charge is 2.01. The second-order valence-corrected chi connectivity index (χ2v) is 4.43. The van der Waals surface area contributed by atoms with E-state index < -0.39 is 0 Å². The van der Waals surface area contributed by atoms with Gasteiger partial charge < -0.3 is 0 Å². The molecule has 2 aromatic rings. The van der Waals surface area contributed by atoms with Crippen LogP contribution in [0.2, 0.25) is 0 Å². The molecule has 0 heterocycles. The predicted octanol–water partition coefficient (Wildman–Crippen LogP) is 4.55. The number of benzene rings is 2. The van der Waals surface area contributed by atoms with Crippen molar-refractivity contribution in [2.75, 3.05) is 5.75 Å². The second kappa shape index (κ2) is 4.86. The van der Waals surface area contributed by atoms with Gasteiger partial charge in [0.05, 0.1) is 0 Å². The van der Waals surface area contributed by atoms with Crippen molar-refractivity contribution in [2.24, 2.45) is 0 Å². The highest BCUT2D eigenvalue weighted by atomic mass is 79.9. The lowest BCUT2D eigenvalue weighted by Gasteiger charge is -2.03. The van der Waals surface area contributed by atoms with Crippen molar-refractivity contribution in [1.82, 2.24) is 0 Å². The maximum atomic E-state index is 4.16. The highest BCUT2D eigenvalue weighted by Crippen LogP contribution is 2.28. The molecule has 0 bridgehead atoms. The number of fused-ring (bicyclic) bond motifs is 1. The van der Waals surface area contributed by atoms with Crippen LogP contribution in [0.3, 0.4) is 0 Å². The Kier molecular flexibility index (Phi) is 3.49. The first kappa shape index (κ1) is 10.8. The Hall–Kier alpha value is -0.730. The van der Waals surface area contributed by atoms with Crippen LogP contribution in [0, 0.1) is 0 Å². The van der Waals surface area contributed by atoms with Gasteiger partial charge in [0.15, 0.2) is 0 Å². The normalized spacial score (nSPS) is 11.3. The number of rotatable bonds is 2. The van der Waals surface area contributed by atoms with E-state index in [2.05, 4.69) is 71.0 Å². The minimum atomic E-state index is 0.763. The summed E-state index contributed by atoms with van der Waals surface area (Å²) in [6.07, 6.45) is 4.13. The minimum absolute atomic E-state index is 0.763. The van der Waals surface area contributed by atoms with Crippen molar-refractivity contribution in [3.63, 3.8) is 0 Å². The van der Waals surface area contributed by atoms with E-state index in [9.17, 15) is 0 Å². The van der Waals surface area contributed by atoms with Gasteiger partial charge >= 0.3 is 0 Å². The van der Waals surface area contributed by atoms with E-state index in [4.69, 9.17) is 0 Å². The van der Waals surface area contributed by atoms with Gasteiger partial charge in [-0.2, -0.15) is 12.6 Å². The molecule has 2 rings (SSSR count). The smallest absolute Gasteiger partial charge is 0.0326 e. The molecule has 15 heavy (non-hydrogen) atoms. The third-order valence-electron chi connectivity index (χ3n) is 2.30. The fourth-order valence-electron chi connectivity index (χ4n) is 1.56. The monoisotopic (exact) mass is 278 g/mol. The largest absolute Gasteiger partial charge is 0.175 e. The van der Waals surface area contributed by atoms with Gasteiger partial charge in [-0.3, -0.25) is 0 Å². The first-order valence-electron chi connectivity index (χ1n) is 4.77. The van der Waals surface area contributed by atoms with Crippen LogP contribution in [0.4, 0.5) is 0 Å². The third kappa shape index (κ3) is 2.27. The molecule has 0 N–H and O–H groups in total. The number of thiol groups is 1. The van der Waals surface area contributed by atoms with E-state index in [1.54, 1.807) is 0 Å². The Labute approximate surface area is 104 Å². The zero-order chi connectivity index (χ0) is 10.7. The lowest BCUT2D eigenvalue weighted by molar-refractivity contribution is 1.65. The van der Waals surface area contributed by atoms with Crippen molar-refractivity contribution in [2.45, 2.75) is 0 Å². The first-order valence-corrected chi connectivity index (χ1v) is 6.20. The van der Waals surface area contributed by atoms with E-state index in [1.807, 2.05) is 6.08 Å². The standard InChI is InChI=1S/C13H11BrS/c14-13-11(5-3-9-15)8-7-10-4-1-2-6-12(10)13/h1-8,15H,9H2. The molecule has 0 atom stereocenters. The van der Waals surface area contributed by atoms with Gasteiger partial charge in [-0.1, -0.05) is 48.6 Å². The molecule has 0 amide bonds. The lowest BCUT2D eigenvalue weighted by Crippen LogP contribution is -1.79. The van der Waals surface area contributed by atoms with Gasteiger partial charge in [0.1, 0.15) is 0 Å². The SMILES string of the molecule is SCC=Cc1ccc2ccccc2c1Br. The third-order valence-corrected chi connectivity index (χ3v) is 3.39. The number of hydrogen-bond acceptors (Lipinski definition) is 1. The molecular formula is C13H11BrS. The summed E-state index contributed by atoms with van der Waals surface area (Å²) in [6.45, 7) is 0. The van der Waals surface area contributed by atoms with Gasteiger partial charge in [-0.25, -0.2) is 0 Å². The zero-order valence-corrected chi connectivity index (χ0v) is 10.6. The first-order chi connectivity index (χ1) is 7.33. The van der Waals surface area contributed by atoms with E-state index in [1.165, 1.54) is 16.3 Å². The van der Waals surface area contributed by atoms with E-state index in [-0.39, 0.29) is 0 Å². The van der Waals surface area contributed by atoms with Gasteiger partial charge in [-0.05, 0) is 32.3 Å². The van der Waals surface area contributed by atoms with Crippen LogP contribution < -0.4 is 0 Å². The topological polar surface area (TPSA) is 0 Å². The molecule has 0 spiro atoms. The molecule has 2 aromatic carbocycles. The van der Waals surface area contributed by atoms with E-state index in [0.717, 1.165) is 10.2 Å². The fraction of sp³-hybridized carbons (Fsp3) is 0.0769. The Balaban J connectivity index is 2.60. The van der Waals surface area contributed by atoms with Crippen LogP contribution in [0.25, 0.3) is 16.8 Å². The Bertz CT molecular complexity index is 503. The summed E-state index contributed by atoms with van der Waals surface area (Å²) in [6, 6.07) is 12.6. The Morgan fingerprint density at radius 1 is 1.13 bits per heavy atom. The Morgan fingerprint density at radius 3 is 2.73 bits per heavy atom. The molecule has 2 heteroatoms. The lowest BCUT2D eigenvalue weighted by atomic mass is 10.1. The highest BCUT2D eigenvalue weighted by molar-refractivity contribution is 9.10. The number of hydrogen-bond donors (Lipinski definition) is 1. The maximum absolute atomic E-state index is 4.16. The summed E-state index contributed by atoms with van der Waals surface area (Å²) in [7, 11) is 0. The molecule has 0 unspecified atom stereocenters. The summed E-state index contributed by atoms with van der Waals surface area (Å²) >= 11 is 7.79. The van der Waals surface area contributed by atoms with Crippen molar-refractivity contribution < 1.29 is 0 Å². The molecule has 0 fully saturated rings. The molecule has 0 aromatic heterocycles. The van der Waals surface area contributed by atoms with Crippen molar-refractivity contribution >= 4 is 45.4 Å². The van der Waals surface area contributed by atoms with Crippen LogP contribution in [-0.4, -0.2) is 5.75 Å². The second-order valence-electron chi connectivity index (χ2n) is 3.27. The van der Waals surface area contributed by atoms with Crippen molar-refractivity contribution in [3.05, 3.63) is 52.5 Å². The Morgan fingerprint density at radius 2 is 1.93 bits per heavy atom. The summed E-state index contributed by atoms with van der Waals surface area (Å²) in [5.74, 6) is 0.763. The van der Waals surface area contributed by atoms with E-state index >= 15 is 0 Å². The average molecular weight is 279 g/mol. The minimum Gasteiger partial charge on any atom is -0.175 e. The van der Waals surface area contributed by atoms with Crippen molar-refractivity contribution in [3.8, 4) is 0 Å². The van der Waals surface area contributed by atoms with Gasteiger partial charge in [0.2, 0.25) is 0 Å². The molecule has 0 saturated carbocycles. The van der Waals surface area contributed by atoms with E-state index in [0.29, 0.717) is 0 Å². The van der Waals surface area contributed by atoms with Gasteiger partial charge in [0.25, 0.3) is 0 Å². The molecule has 0 aliphatic heterocycles. The molecule has 76 valence electrons. The predicted molar refractivity (Wildman–Crippen MR) is 74.5 cm³/mol. The summed E-state index contributed by atoms with van der Waals surface area (Å²) in [4.78, 5) is 0.